The number of rotatable bonds is 0. The second-order valence-corrected chi connectivity index (χ2v) is 4.28. The molecule has 0 amide bonds. The molecule has 0 saturated heterocycles. The predicted octanol–water partition coefficient (Wildman–Crippen LogP) is 2.54. The second kappa shape index (κ2) is 3.02. The van der Waals surface area contributed by atoms with Crippen molar-refractivity contribution in [2.75, 3.05) is 0 Å². The Morgan fingerprint density at radius 3 is 2.50 bits per heavy atom. The molecule has 1 nitrogen and oxygen atoms in total. The topological polar surface area (TPSA) is 26.0 Å². The summed E-state index contributed by atoms with van der Waals surface area (Å²) < 4.78 is 13.3. The lowest BCUT2D eigenvalue weighted by Crippen LogP contribution is -2.22. The Morgan fingerprint density at radius 1 is 1.50 bits per heavy atom. The van der Waals surface area contributed by atoms with Gasteiger partial charge in [0.1, 0.15) is 5.83 Å². The van der Waals surface area contributed by atoms with Gasteiger partial charge < -0.3 is 5.73 Å². The highest BCUT2D eigenvalue weighted by Crippen LogP contribution is 2.34. The standard InChI is InChI=1S/C10H16FN/c1-10(2,3)8-5-4-7(12)6-9(8)11/h5-7H,4,12H2,1-3H3. The Balaban J connectivity index is 2.89. The average molecular weight is 169 g/mol. The maximum absolute atomic E-state index is 13.3. The largest absolute Gasteiger partial charge is 0.324 e. The molecule has 0 aromatic rings. The molecule has 0 fully saturated rings. The first-order valence-corrected chi connectivity index (χ1v) is 4.25. The van der Waals surface area contributed by atoms with Crippen LogP contribution in [0.4, 0.5) is 4.39 Å². The zero-order chi connectivity index (χ0) is 9.35. The normalized spacial score (nSPS) is 24.9. The Labute approximate surface area is 73.1 Å². The van der Waals surface area contributed by atoms with Gasteiger partial charge in [-0.25, -0.2) is 4.39 Å². The summed E-state index contributed by atoms with van der Waals surface area (Å²) in [6, 6.07) is -0.143. The molecule has 1 unspecified atom stereocenters. The molecule has 68 valence electrons. The summed E-state index contributed by atoms with van der Waals surface area (Å²) in [5, 5.41) is 0. The van der Waals surface area contributed by atoms with Gasteiger partial charge in [0.05, 0.1) is 0 Å². The summed E-state index contributed by atoms with van der Waals surface area (Å²) in [6.45, 7) is 6.01. The van der Waals surface area contributed by atoms with Crippen molar-refractivity contribution in [2.24, 2.45) is 11.1 Å². The average Bonchev–Trinajstić information content (AvgIpc) is 1.83. The van der Waals surface area contributed by atoms with Gasteiger partial charge in [-0.1, -0.05) is 26.8 Å². The van der Waals surface area contributed by atoms with E-state index in [9.17, 15) is 4.39 Å². The maximum Gasteiger partial charge on any atom is 0.124 e. The predicted molar refractivity (Wildman–Crippen MR) is 49.3 cm³/mol. The van der Waals surface area contributed by atoms with E-state index in [1.165, 1.54) is 6.08 Å². The van der Waals surface area contributed by atoms with Gasteiger partial charge in [0.25, 0.3) is 0 Å². The van der Waals surface area contributed by atoms with Crippen LogP contribution in [0.3, 0.4) is 0 Å². The van der Waals surface area contributed by atoms with Crippen LogP contribution in [0.2, 0.25) is 0 Å². The Hall–Kier alpha value is -0.630. The molecule has 0 aliphatic heterocycles. The van der Waals surface area contributed by atoms with Crippen molar-refractivity contribution in [3.63, 3.8) is 0 Å². The van der Waals surface area contributed by atoms with Crippen LogP contribution in [0.15, 0.2) is 23.6 Å². The van der Waals surface area contributed by atoms with Gasteiger partial charge in [-0.3, -0.25) is 0 Å². The first-order chi connectivity index (χ1) is 5.41. The van der Waals surface area contributed by atoms with E-state index in [1.807, 2.05) is 26.8 Å². The molecular formula is C10H16FN. The van der Waals surface area contributed by atoms with Gasteiger partial charge in [-0.15, -0.1) is 0 Å². The van der Waals surface area contributed by atoms with E-state index < -0.39 is 0 Å². The molecule has 2 N–H and O–H groups in total. The first-order valence-electron chi connectivity index (χ1n) is 4.25. The second-order valence-electron chi connectivity index (χ2n) is 4.28. The number of nitrogens with two attached hydrogens (primary N) is 1. The lowest BCUT2D eigenvalue weighted by atomic mass is 9.82. The van der Waals surface area contributed by atoms with Gasteiger partial charge in [-0.05, 0) is 23.5 Å². The smallest absolute Gasteiger partial charge is 0.124 e. The van der Waals surface area contributed by atoms with Crippen molar-refractivity contribution in [2.45, 2.75) is 33.2 Å². The van der Waals surface area contributed by atoms with Crippen molar-refractivity contribution in [3.05, 3.63) is 23.6 Å². The molecule has 0 radical (unpaired) electrons. The van der Waals surface area contributed by atoms with Gasteiger partial charge in [0.15, 0.2) is 0 Å². The molecule has 2 heteroatoms. The van der Waals surface area contributed by atoms with Crippen LogP contribution >= 0.6 is 0 Å². The van der Waals surface area contributed by atoms with E-state index in [0.717, 1.165) is 12.0 Å². The molecule has 1 atom stereocenters. The van der Waals surface area contributed by atoms with Gasteiger partial charge in [0.2, 0.25) is 0 Å². The van der Waals surface area contributed by atoms with Crippen LogP contribution in [-0.2, 0) is 0 Å². The molecule has 0 aromatic carbocycles. The lowest BCUT2D eigenvalue weighted by Gasteiger charge is -2.25. The summed E-state index contributed by atoms with van der Waals surface area (Å²) in [6.07, 6.45) is 4.15. The zero-order valence-corrected chi connectivity index (χ0v) is 7.89. The molecular weight excluding hydrogens is 153 g/mol. The number of hydrogen-bond acceptors (Lipinski definition) is 1. The minimum atomic E-state index is -0.152. The molecule has 1 rings (SSSR count). The third-order valence-corrected chi connectivity index (χ3v) is 2.02. The fraction of sp³-hybridized carbons (Fsp3) is 0.600. The third kappa shape index (κ3) is 1.95. The van der Waals surface area contributed by atoms with Gasteiger partial charge in [0, 0.05) is 6.04 Å². The van der Waals surface area contributed by atoms with Crippen LogP contribution < -0.4 is 5.73 Å². The molecule has 0 saturated carbocycles. The highest BCUT2D eigenvalue weighted by molar-refractivity contribution is 5.34. The van der Waals surface area contributed by atoms with Crippen molar-refractivity contribution in [1.82, 2.24) is 0 Å². The summed E-state index contributed by atoms with van der Waals surface area (Å²) in [7, 11) is 0. The Bertz CT molecular complexity index is 233. The number of hydrogen-bond donors (Lipinski definition) is 1. The highest BCUT2D eigenvalue weighted by atomic mass is 19.1. The summed E-state index contributed by atoms with van der Waals surface area (Å²) in [5.41, 5.74) is 6.24. The molecule has 0 spiro atoms. The van der Waals surface area contributed by atoms with E-state index in [1.54, 1.807) is 0 Å². The minimum absolute atomic E-state index is 0.110. The SMILES string of the molecule is CC(C)(C)C1=CCC(N)C=C1F. The molecule has 1 aliphatic rings. The van der Waals surface area contributed by atoms with Crippen LogP contribution in [-0.4, -0.2) is 6.04 Å². The van der Waals surface area contributed by atoms with Crippen molar-refractivity contribution in [3.8, 4) is 0 Å². The van der Waals surface area contributed by atoms with Gasteiger partial charge >= 0.3 is 0 Å². The first kappa shape index (κ1) is 9.46. The molecule has 12 heavy (non-hydrogen) atoms. The number of allylic oxidation sites excluding steroid dienone is 2. The molecule has 0 aromatic heterocycles. The summed E-state index contributed by atoms with van der Waals surface area (Å²) in [4.78, 5) is 0. The van der Waals surface area contributed by atoms with Crippen LogP contribution in [0.25, 0.3) is 0 Å². The fourth-order valence-corrected chi connectivity index (χ4v) is 1.36. The lowest BCUT2D eigenvalue weighted by molar-refractivity contribution is 0.463. The third-order valence-electron chi connectivity index (χ3n) is 2.02. The monoisotopic (exact) mass is 169 g/mol. The van der Waals surface area contributed by atoms with Gasteiger partial charge in [-0.2, -0.15) is 0 Å². The van der Waals surface area contributed by atoms with E-state index in [0.29, 0.717) is 0 Å². The van der Waals surface area contributed by atoms with E-state index in [4.69, 9.17) is 5.73 Å². The van der Waals surface area contributed by atoms with Crippen molar-refractivity contribution >= 4 is 0 Å². The Kier molecular flexibility index (Phi) is 2.38. The minimum Gasteiger partial charge on any atom is -0.324 e. The van der Waals surface area contributed by atoms with Crippen molar-refractivity contribution < 1.29 is 4.39 Å². The highest BCUT2D eigenvalue weighted by Gasteiger charge is 2.23. The van der Waals surface area contributed by atoms with E-state index in [2.05, 4.69) is 0 Å². The quantitative estimate of drug-likeness (QED) is 0.592. The molecule has 0 heterocycles. The van der Waals surface area contributed by atoms with Crippen molar-refractivity contribution in [1.29, 1.82) is 0 Å². The Morgan fingerprint density at radius 2 is 2.08 bits per heavy atom. The van der Waals surface area contributed by atoms with Crippen LogP contribution in [0, 0.1) is 5.41 Å². The number of halogens is 1. The van der Waals surface area contributed by atoms with E-state index >= 15 is 0 Å². The molecule has 1 aliphatic carbocycles. The van der Waals surface area contributed by atoms with Crippen LogP contribution in [0.1, 0.15) is 27.2 Å². The molecule has 0 bridgehead atoms. The summed E-state index contributed by atoms with van der Waals surface area (Å²) in [5.74, 6) is -0.152. The van der Waals surface area contributed by atoms with Crippen LogP contribution in [0.5, 0.6) is 0 Å². The fourth-order valence-electron chi connectivity index (χ4n) is 1.36. The van der Waals surface area contributed by atoms with E-state index in [-0.39, 0.29) is 17.3 Å². The maximum atomic E-state index is 13.3. The summed E-state index contributed by atoms with van der Waals surface area (Å²) >= 11 is 0. The zero-order valence-electron chi connectivity index (χ0n) is 7.89.